The van der Waals surface area contributed by atoms with Gasteiger partial charge < -0.3 is 14.4 Å². The summed E-state index contributed by atoms with van der Waals surface area (Å²) in [4.78, 5) is 16.9. The van der Waals surface area contributed by atoms with Gasteiger partial charge in [0.2, 0.25) is 0 Å². The molecule has 0 unspecified atom stereocenters. The third-order valence-electron chi connectivity index (χ3n) is 5.16. The molecule has 5 nitrogen and oxygen atoms in total. The first-order chi connectivity index (χ1) is 14.3. The molecule has 1 fully saturated rings. The summed E-state index contributed by atoms with van der Waals surface area (Å²) in [5, 5.41) is 0. The third-order valence-corrected chi connectivity index (χ3v) is 5.16. The number of rotatable bonds is 5. The lowest BCUT2D eigenvalue weighted by atomic mass is 10.1. The number of amides is 1. The second kappa shape index (κ2) is 9.38. The first-order valence-corrected chi connectivity index (χ1v) is 9.71. The molecule has 162 valence electrons. The minimum absolute atomic E-state index is 0.0939. The molecular weight excluding hydrogens is 397 g/mol. The topological polar surface area (TPSA) is 42.0 Å². The van der Waals surface area contributed by atoms with Crippen LogP contribution < -0.4 is 9.47 Å². The highest BCUT2D eigenvalue weighted by Gasteiger charge is 2.30. The van der Waals surface area contributed by atoms with Crippen LogP contribution in [0.4, 0.5) is 13.2 Å². The van der Waals surface area contributed by atoms with Crippen LogP contribution >= 0.6 is 0 Å². The maximum absolute atomic E-state index is 13.0. The molecule has 2 aromatic rings. The molecule has 0 saturated carbocycles. The Morgan fingerprint density at radius 2 is 1.57 bits per heavy atom. The lowest BCUT2D eigenvalue weighted by Crippen LogP contribution is -2.35. The SMILES string of the molecule is COc1cc(OC)cc(C(=O)N2CCCN(Cc3ccc(C(F)(F)F)cc3)CC2)c1. The van der Waals surface area contributed by atoms with Gasteiger partial charge in [-0.05, 0) is 36.2 Å². The maximum Gasteiger partial charge on any atom is 0.416 e. The van der Waals surface area contributed by atoms with Gasteiger partial charge in [0, 0.05) is 44.4 Å². The number of benzene rings is 2. The molecule has 0 atom stereocenters. The number of hydrogen-bond donors (Lipinski definition) is 0. The summed E-state index contributed by atoms with van der Waals surface area (Å²) in [6.45, 7) is 3.12. The molecule has 0 aliphatic carbocycles. The Bertz CT molecular complexity index is 847. The number of carbonyl (C=O) groups excluding carboxylic acids is 1. The van der Waals surface area contributed by atoms with Gasteiger partial charge >= 0.3 is 6.18 Å². The van der Waals surface area contributed by atoms with Crippen molar-refractivity contribution < 1.29 is 27.4 Å². The zero-order valence-corrected chi connectivity index (χ0v) is 17.0. The molecule has 0 radical (unpaired) electrons. The van der Waals surface area contributed by atoms with E-state index in [1.54, 1.807) is 23.1 Å². The van der Waals surface area contributed by atoms with Crippen molar-refractivity contribution in [2.45, 2.75) is 19.1 Å². The summed E-state index contributed by atoms with van der Waals surface area (Å²) < 4.78 is 48.7. The zero-order chi connectivity index (χ0) is 21.7. The molecule has 3 rings (SSSR count). The van der Waals surface area contributed by atoms with Gasteiger partial charge in [-0.25, -0.2) is 0 Å². The average molecular weight is 422 g/mol. The maximum atomic E-state index is 13.0. The molecule has 30 heavy (non-hydrogen) atoms. The standard InChI is InChI=1S/C22H25F3N2O3/c1-29-19-12-17(13-20(14-19)30-2)21(28)27-9-3-8-26(10-11-27)15-16-4-6-18(7-5-16)22(23,24)25/h4-7,12-14H,3,8-11,15H2,1-2H3. The Morgan fingerprint density at radius 3 is 2.13 bits per heavy atom. The predicted molar refractivity (Wildman–Crippen MR) is 107 cm³/mol. The fourth-order valence-electron chi connectivity index (χ4n) is 3.50. The van der Waals surface area contributed by atoms with E-state index in [1.165, 1.54) is 26.4 Å². The molecule has 8 heteroatoms. The van der Waals surface area contributed by atoms with E-state index in [0.29, 0.717) is 43.2 Å². The number of methoxy groups -OCH3 is 2. The van der Waals surface area contributed by atoms with Gasteiger partial charge in [0.25, 0.3) is 5.91 Å². The van der Waals surface area contributed by atoms with Gasteiger partial charge in [0.1, 0.15) is 11.5 Å². The van der Waals surface area contributed by atoms with Gasteiger partial charge in [-0.1, -0.05) is 12.1 Å². The van der Waals surface area contributed by atoms with Crippen molar-refractivity contribution in [1.29, 1.82) is 0 Å². The molecule has 0 aromatic heterocycles. The van der Waals surface area contributed by atoms with E-state index in [4.69, 9.17) is 9.47 Å². The van der Waals surface area contributed by atoms with E-state index in [0.717, 1.165) is 30.7 Å². The molecule has 0 bridgehead atoms. The molecule has 1 aliphatic rings. The monoisotopic (exact) mass is 422 g/mol. The quantitative estimate of drug-likeness (QED) is 0.729. The van der Waals surface area contributed by atoms with Crippen molar-refractivity contribution in [2.24, 2.45) is 0 Å². The Kier molecular flexibility index (Phi) is 6.87. The molecule has 2 aromatic carbocycles. The average Bonchev–Trinajstić information content (AvgIpc) is 2.98. The molecule has 1 aliphatic heterocycles. The fourth-order valence-corrected chi connectivity index (χ4v) is 3.50. The van der Waals surface area contributed by atoms with E-state index in [-0.39, 0.29) is 5.91 Å². The molecule has 0 spiro atoms. The zero-order valence-electron chi connectivity index (χ0n) is 17.0. The van der Waals surface area contributed by atoms with Gasteiger partial charge in [-0.15, -0.1) is 0 Å². The van der Waals surface area contributed by atoms with Crippen LogP contribution in [0.5, 0.6) is 11.5 Å². The summed E-state index contributed by atoms with van der Waals surface area (Å²) in [6.07, 6.45) is -3.54. The van der Waals surface area contributed by atoms with Gasteiger partial charge in [0.15, 0.2) is 0 Å². The van der Waals surface area contributed by atoms with Crippen LogP contribution in [0, 0.1) is 0 Å². The molecule has 1 saturated heterocycles. The van der Waals surface area contributed by atoms with Crippen molar-refractivity contribution in [1.82, 2.24) is 9.80 Å². The Balaban J connectivity index is 1.63. The van der Waals surface area contributed by atoms with Crippen LogP contribution in [0.1, 0.15) is 27.9 Å². The smallest absolute Gasteiger partial charge is 0.416 e. The lowest BCUT2D eigenvalue weighted by molar-refractivity contribution is -0.137. The van der Waals surface area contributed by atoms with Crippen molar-refractivity contribution >= 4 is 5.91 Å². The number of halogens is 3. The molecule has 1 heterocycles. The summed E-state index contributed by atoms with van der Waals surface area (Å²) in [6, 6.07) is 10.3. The molecule has 1 amide bonds. The van der Waals surface area contributed by atoms with Gasteiger partial charge in [0.05, 0.1) is 19.8 Å². The Labute approximate surface area is 174 Å². The van der Waals surface area contributed by atoms with Crippen LogP contribution in [-0.4, -0.2) is 56.1 Å². The molecule has 0 N–H and O–H groups in total. The second-order valence-electron chi connectivity index (χ2n) is 7.22. The van der Waals surface area contributed by atoms with Crippen LogP contribution in [0.2, 0.25) is 0 Å². The number of nitrogens with zero attached hydrogens (tertiary/aromatic N) is 2. The Hall–Kier alpha value is -2.74. The highest BCUT2D eigenvalue weighted by atomic mass is 19.4. The van der Waals surface area contributed by atoms with E-state index in [1.807, 2.05) is 0 Å². The summed E-state index contributed by atoms with van der Waals surface area (Å²) in [7, 11) is 3.07. The lowest BCUT2D eigenvalue weighted by Gasteiger charge is -2.22. The normalized spacial score (nSPS) is 15.6. The first-order valence-electron chi connectivity index (χ1n) is 9.71. The van der Waals surface area contributed by atoms with Crippen LogP contribution in [0.25, 0.3) is 0 Å². The van der Waals surface area contributed by atoms with E-state index in [9.17, 15) is 18.0 Å². The van der Waals surface area contributed by atoms with Crippen LogP contribution in [-0.2, 0) is 12.7 Å². The summed E-state index contributed by atoms with van der Waals surface area (Å²) in [5.41, 5.74) is 0.676. The largest absolute Gasteiger partial charge is 0.497 e. The summed E-state index contributed by atoms with van der Waals surface area (Å²) in [5.74, 6) is 1.01. The number of hydrogen-bond acceptors (Lipinski definition) is 4. The van der Waals surface area contributed by atoms with Crippen LogP contribution in [0.3, 0.4) is 0 Å². The van der Waals surface area contributed by atoms with Crippen molar-refractivity contribution in [3.63, 3.8) is 0 Å². The highest BCUT2D eigenvalue weighted by molar-refractivity contribution is 5.95. The van der Waals surface area contributed by atoms with E-state index in [2.05, 4.69) is 4.90 Å². The Morgan fingerprint density at radius 1 is 0.933 bits per heavy atom. The minimum atomic E-state index is -4.33. The van der Waals surface area contributed by atoms with Crippen molar-refractivity contribution in [3.05, 3.63) is 59.2 Å². The van der Waals surface area contributed by atoms with Crippen molar-refractivity contribution in [3.8, 4) is 11.5 Å². The van der Waals surface area contributed by atoms with Gasteiger partial charge in [-0.3, -0.25) is 9.69 Å². The van der Waals surface area contributed by atoms with Gasteiger partial charge in [-0.2, -0.15) is 13.2 Å². The summed E-state index contributed by atoms with van der Waals surface area (Å²) >= 11 is 0. The second-order valence-corrected chi connectivity index (χ2v) is 7.22. The van der Waals surface area contributed by atoms with E-state index >= 15 is 0 Å². The van der Waals surface area contributed by atoms with Crippen LogP contribution in [0.15, 0.2) is 42.5 Å². The number of alkyl halides is 3. The van der Waals surface area contributed by atoms with Crippen molar-refractivity contribution in [2.75, 3.05) is 40.4 Å². The third kappa shape index (κ3) is 5.44. The first kappa shape index (κ1) is 22.0. The highest BCUT2D eigenvalue weighted by Crippen LogP contribution is 2.29. The minimum Gasteiger partial charge on any atom is -0.497 e. The van der Waals surface area contributed by atoms with E-state index < -0.39 is 11.7 Å². The number of ether oxygens (including phenoxy) is 2. The fraction of sp³-hybridized carbons (Fsp3) is 0.409. The number of carbonyl (C=O) groups is 1. The predicted octanol–water partition coefficient (Wildman–Crippen LogP) is 4.07. The molecular formula is C22H25F3N2O3.